The summed E-state index contributed by atoms with van der Waals surface area (Å²) in [6.45, 7) is 2.33. The molecule has 0 heterocycles. The van der Waals surface area contributed by atoms with Gasteiger partial charge < -0.3 is 20.5 Å². The van der Waals surface area contributed by atoms with Crippen molar-refractivity contribution in [2.45, 2.75) is 63.3 Å². The van der Waals surface area contributed by atoms with Gasteiger partial charge in [-0.2, -0.15) is 0 Å². The molecule has 0 radical (unpaired) electrons. The molecule has 7 heteroatoms. The molecule has 2 aliphatic carbocycles. The molecule has 0 aromatic heterocycles. The van der Waals surface area contributed by atoms with Gasteiger partial charge in [0.15, 0.2) is 0 Å². The van der Waals surface area contributed by atoms with Crippen molar-refractivity contribution in [2.75, 3.05) is 13.2 Å². The average Bonchev–Trinajstić information content (AvgIpc) is 3.42. The molecule has 0 aliphatic heterocycles. The number of aliphatic carboxylic acids is 1. The van der Waals surface area contributed by atoms with Crippen LogP contribution in [-0.4, -0.2) is 41.8 Å². The predicted molar refractivity (Wildman–Crippen MR) is 133 cm³/mol. The lowest BCUT2D eigenvalue weighted by Crippen LogP contribution is -2.49. The average molecular weight is 479 g/mol. The highest BCUT2D eigenvalue weighted by Crippen LogP contribution is 2.44. The van der Waals surface area contributed by atoms with Crippen molar-refractivity contribution < 1.29 is 24.2 Å². The minimum atomic E-state index is -0.825. The number of hydrogen-bond donors (Lipinski definition) is 3. The summed E-state index contributed by atoms with van der Waals surface area (Å²) in [6.07, 6.45) is 4.20. The van der Waals surface area contributed by atoms with Crippen LogP contribution in [0.5, 0.6) is 0 Å². The summed E-state index contributed by atoms with van der Waals surface area (Å²) in [6, 6.07) is 16.4. The first-order chi connectivity index (χ1) is 16.9. The number of alkyl carbamates (subject to hydrolysis) is 1. The first-order valence-corrected chi connectivity index (χ1v) is 12.5. The minimum absolute atomic E-state index is 0.0100. The molecule has 2 aliphatic rings. The molecule has 4 rings (SSSR count). The Kier molecular flexibility index (Phi) is 7.73. The second kappa shape index (κ2) is 10.9. The number of carbonyl (C=O) groups excluding carboxylic acids is 2. The molecule has 1 fully saturated rings. The number of fused-ring (bicyclic) bond motifs is 3. The zero-order valence-corrected chi connectivity index (χ0v) is 20.2. The van der Waals surface area contributed by atoms with Crippen molar-refractivity contribution in [3.8, 4) is 11.1 Å². The van der Waals surface area contributed by atoms with E-state index in [2.05, 4.69) is 34.9 Å². The Balaban J connectivity index is 1.31. The highest BCUT2D eigenvalue weighted by molar-refractivity contribution is 5.80. The van der Waals surface area contributed by atoms with Gasteiger partial charge in [-0.3, -0.25) is 9.59 Å². The Morgan fingerprint density at radius 3 is 2.23 bits per heavy atom. The Hall–Kier alpha value is -3.35. The molecule has 0 spiro atoms. The molecule has 7 nitrogen and oxygen atoms in total. The van der Waals surface area contributed by atoms with Crippen molar-refractivity contribution in [2.24, 2.45) is 5.92 Å². The SMILES string of the molecule is CC(CCCNC(=O)CC1(NC(=O)OCC2c3ccccc3-c3ccccc32)CCCC1)C(=O)O. The van der Waals surface area contributed by atoms with Crippen LogP contribution in [0.2, 0.25) is 0 Å². The molecule has 2 amide bonds. The molecule has 2 aromatic carbocycles. The Bertz CT molecular complexity index is 1030. The normalized spacial score (nSPS) is 16.7. The van der Waals surface area contributed by atoms with Crippen LogP contribution in [0.3, 0.4) is 0 Å². The van der Waals surface area contributed by atoms with E-state index in [1.165, 1.54) is 11.1 Å². The molecule has 186 valence electrons. The highest BCUT2D eigenvalue weighted by Gasteiger charge is 2.38. The van der Waals surface area contributed by atoms with E-state index in [4.69, 9.17) is 9.84 Å². The number of carboxylic acids is 1. The third kappa shape index (κ3) is 5.84. The minimum Gasteiger partial charge on any atom is -0.481 e. The van der Waals surface area contributed by atoms with Crippen molar-refractivity contribution in [3.63, 3.8) is 0 Å². The van der Waals surface area contributed by atoms with Crippen molar-refractivity contribution in [1.29, 1.82) is 0 Å². The van der Waals surface area contributed by atoms with Crippen LogP contribution in [0.1, 0.15) is 68.9 Å². The Morgan fingerprint density at radius 1 is 1.03 bits per heavy atom. The zero-order valence-electron chi connectivity index (χ0n) is 20.2. The Morgan fingerprint density at radius 2 is 1.63 bits per heavy atom. The fourth-order valence-corrected chi connectivity index (χ4v) is 5.38. The summed E-state index contributed by atoms with van der Waals surface area (Å²) in [7, 11) is 0. The molecule has 3 N–H and O–H groups in total. The maximum atomic E-state index is 12.8. The number of rotatable bonds is 10. The summed E-state index contributed by atoms with van der Waals surface area (Å²) in [5, 5.41) is 14.9. The standard InChI is InChI=1S/C28H34N2O5/c1-19(26(32)33)9-8-16-29-25(31)17-28(14-6-7-15-28)30-27(34)35-18-24-22-12-4-2-10-20(22)21-11-3-5-13-23(21)24/h2-5,10-13,19,24H,6-9,14-18H2,1H3,(H,29,31)(H,30,34)(H,32,33). The number of amides is 2. The van der Waals surface area contributed by atoms with Crippen LogP contribution in [0.4, 0.5) is 4.79 Å². The number of ether oxygens (including phenoxy) is 1. The molecule has 35 heavy (non-hydrogen) atoms. The van der Waals surface area contributed by atoms with Gasteiger partial charge in [-0.25, -0.2) is 4.79 Å². The lowest BCUT2D eigenvalue weighted by atomic mass is 9.93. The smallest absolute Gasteiger partial charge is 0.407 e. The molecule has 0 saturated heterocycles. The lowest BCUT2D eigenvalue weighted by Gasteiger charge is -2.29. The lowest BCUT2D eigenvalue weighted by molar-refractivity contribution is -0.141. The van der Waals surface area contributed by atoms with Gasteiger partial charge in [-0.15, -0.1) is 0 Å². The van der Waals surface area contributed by atoms with Crippen LogP contribution in [0.25, 0.3) is 11.1 Å². The quantitative estimate of drug-likeness (QED) is 0.424. The summed E-state index contributed by atoms with van der Waals surface area (Å²) >= 11 is 0. The fraction of sp³-hybridized carbons (Fsp3) is 0.464. The van der Waals surface area contributed by atoms with Crippen LogP contribution < -0.4 is 10.6 Å². The Labute approximate surface area is 206 Å². The van der Waals surface area contributed by atoms with Gasteiger partial charge in [0.25, 0.3) is 0 Å². The number of benzene rings is 2. The van der Waals surface area contributed by atoms with E-state index in [9.17, 15) is 14.4 Å². The van der Waals surface area contributed by atoms with Gasteiger partial charge in [-0.05, 0) is 47.9 Å². The van der Waals surface area contributed by atoms with E-state index in [0.29, 0.717) is 19.4 Å². The summed E-state index contributed by atoms with van der Waals surface area (Å²) in [5.74, 6) is -1.39. The monoisotopic (exact) mass is 478 g/mol. The fourth-order valence-electron chi connectivity index (χ4n) is 5.38. The summed E-state index contributed by atoms with van der Waals surface area (Å²) < 4.78 is 5.72. The van der Waals surface area contributed by atoms with Crippen LogP contribution in [0, 0.1) is 5.92 Å². The second-order valence-electron chi connectivity index (χ2n) is 9.85. The van der Waals surface area contributed by atoms with E-state index >= 15 is 0 Å². The molecule has 1 saturated carbocycles. The molecular formula is C28H34N2O5. The summed E-state index contributed by atoms with van der Waals surface area (Å²) in [5.41, 5.74) is 4.08. The number of hydrogen-bond acceptors (Lipinski definition) is 4. The topological polar surface area (TPSA) is 105 Å². The second-order valence-corrected chi connectivity index (χ2v) is 9.85. The van der Waals surface area contributed by atoms with Crippen LogP contribution in [-0.2, 0) is 14.3 Å². The highest BCUT2D eigenvalue weighted by atomic mass is 16.5. The molecular weight excluding hydrogens is 444 g/mol. The number of nitrogens with one attached hydrogen (secondary N) is 2. The number of carbonyl (C=O) groups is 3. The van der Waals surface area contributed by atoms with Crippen LogP contribution >= 0.6 is 0 Å². The largest absolute Gasteiger partial charge is 0.481 e. The van der Waals surface area contributed by atoms with Crippen molar-refractivity contribution in [1.82, 2.24) is 10.6 Å². The predicted octanol–water partition coefficient (Wildman–Crippen LogP) is 4.85. The van der Waals surface area contributed by atoms with Gasteiger partial charge >= 0.3 is 12.1 Å². The number of carboxylic acid groups (broad SMARTS) is 1. The first-order valence-electron chi connectivity index (χ1n) is 12.5. The van der Waals surface area contributed by atoms with E-state index < -0.39 is 23.5 Å². The van der Waals surface area contributed by atoms with Gasteiger partial charge in [-0.1, -0.05) is 68.3 Å². The molecule has 1 atom stereocenters. The van der Waals surface area contributed by atoms with Crippen molar-refractivity contribution >= 4 is 18.0 Å². The van der Waals surface area contributed by atoms with Gasteiger partial charge in [0.2, 0.25) is 5.91 Å². The van der Waals surface area contributed by atoms with Crippen LogP contribution in [0.15, 0.2) is 48.5 Å². The van der Waals surface area contributed by atoms with E-state index in [1.807, 2.05) is 24.3 Å². The third-order valence-electron chi connectivity index (χ3n) is 7.33. The maximum absolute atomic E-state index is 12.8. The van der Waals surface area contributed by atoms with E-state index in [1.54, 1.807) is 6.92 Å². The summed E-state index contributed by atoms with van der Waals surface area (Å²) in [4.78, 5) is 36.4. The zero-order chi connectivity index (χ0) is 24.8. The molecule has 1 unspecified atom stereocenters. The van der Waals surface area contributed by atoms with Crippen molar-refractivity contribution in [3.05, 3.63) is 59.7 Å². The first kappa shape index (κ1) is 24.8. The maximum Gasteiger partial charge on any atom is 0.407 e. The van der Waals surface area contributed by atoms with E-state index in [-0.39, 0.29) is 24.9 Å². The van der Waals surface area contributed by atoms with Gasteiger partial charge in [0.1, 0.15) is 6.61 Å². The molecule has 2 aromatic rings. The van der Waals surface area contributed by atoms with Gasteiger partial charge in [0.05, 0.1) is 11.5 Å². The molecule has 0 bridgehead atoms. The van der Waals surface area contributed by atoms with Gasteiger partial charge in [0, 0.05) is 18.9 Å². The third-order valence-corrected chi connectivity index (χ3v) is 7.33. The van der Waals surface area contributed by atoms with E-state index in [0.717, 1.165) is 36.8 Å².